The Bertz CT molecular complexity index is 526. The Kier molecular flexibility index (Phi) is 6.10. The molecular weight excluding hydrogens is 302 g/mol. The number of benzene rings is 1. The summed E-state index contributed by atoms with van der Waals surface area (Å²) in [7, 11) is 1.69. The van der Waals surface area contributed by atoms with E-state index in [9.17, 15) is 4.79 Å². The number of piperidine rings is 1. The SMILES string of the molecule is COc1ccc(CN2CCCC(CNC(=O)C3CCCN3)C2)cc1. The quantitative estimate of drug-likeness (QED) is 0.834. The molecule has 5 heteroatoms. The van der Waals surface area contributed by atoms with Gasteiger partial charge in [0.25, 0.3) is 0 Å². The zero-order valence-electron chi connectivity index (χ0n) is 14.6. The predicted octanol–water partition coefficient (Wildman–Crippen LogP) is 1.78. The standard InChI is InChI=1S/C19H29N3O2/c1-24-17-8-6-15(7-9-17)13-22-11-3-4-16(14-22)12-21-19(23)18-5-2-10-20-18/h6-9,16,18,20H,2-5,10-14H2,1H3,(H,21,23). The summed E-state index contributed by atoms with van der Waals surface area (Å²) >= 11 is 0. The van der Waals surface area contributed by atoms with Crippen molar-refractivity contribution in [1.29, 1.82) is 0 Å². The molecule has 2 N–H and O–H groups in total. The van der Waals surface area contributed by atoms with E-state index in [1.54, 1.807) is 7.11 Å². The Morgan fingerprint density at radius 1 is 1.29 bits per heavy atom. The molecule has 2 saturated heterocycles. The van der Waals surface area contributed by atoms with Gasteiger partial charge in [-0.25, -0.2) is 0 Å². The van der Waals surface area contributed by atoms with E-state index >= 15 is 0 Å². The Morgan fingerprint density at radius 2 is 2.12 bits per heavy atom. The Hall–Kier alpha value is -1.59. The van der Waals surface area contributed by atoms with Crippen LogP contribution in [0.2, 0.25) is 0 Å². The molecule has 2 heterocycles. The molecule has 5 nitrogen and oxygen atoms in total. The summed E-state index contributed by atoms with van der Waals surface area (Å²) in [5.74, 6) is 1.64. The first-order chi connectivity index (χ1) is 11.7. The number of methoxy groups -OCH3 is 1. The van der Waals surface area contributed by atoms with Crippen LogP contribution in [0.3, 0.4) is 0 Å². The first-order valence-corrected chi connectivity index (χ1v) is 9.11. The maximum atomic E-state index is 12.1. The largest absolute Gasteiger partial charge is 0.497 e. The fourth-order valence-electron chi connectivity index (χ4n) is 3.73. The number of amides is 1. The van der Waals surface area contributed by atoms with Gasteiger partial charge in [-0.1, -0.05) is 12.1 Å². The Balaban J connectivity index is 1.44. The van der Waals surface area contributed by atoms with Crippen molar-refractivity contribution in [2.45, 2.75) is 38.3 Å². The molecule has 2 atom stereocenters. The third-order valence-electron chi connectivity index (χ3n) is 5.11. The Morgan fingerprint density at radius 3 is 2.83 bits per heavy atom. The highest BCUT2D eigenvalue weighted by Crippen LogP contribution is 2.19. The van der Waals surface area contributed by atoms with Crippen LogP contribution in [0.5, 0.6) is 5.75 Å². The van der Waals surface area contributed by atoms with Gasteiger partial charge in [-0.2, -0.15) is 0 Å². The summed E-state index contributed by atoms with van der Waals surface area (Å²) in [6.07, 6.45) is 4.49. The van der Waals surface area contributed by atoms with Crippen molar-refractivity contribution in [3.05, 3.63) is 29.8 Å². The maximum absolute atomic E-state index is 12.1. The highest BCUT2D eigenvalue weighted by molar-refractivity contribution is 5.81. The van der Waals surface area contributed by atoms with Crippen LogP contribution in [0.25, 0.3) is 0 Å². The number of likely N-dealkylation sites (tertiary alicyclic amines) is 1. The van der Waals surface area contributed by atoms with Gasteiger partial charge >= 0.3 is 0 Å². The zero-order chi connectivity index (χ0) is 16.8. The molecule has 24 heavy (non-hydrogen) atoms. The molecule has 1 aromatic carbocycles. The van der Waals surface area contributed by atoms with Gasteiger partial charge in [0.2, 0.25) is 5.91 Å². The second-order valence-corrected chi connectivity index (χ2v) is 6.99. The molecule has 2 aliphatic rings. The van der Waals surface area contributed by atoms with Gasteiger partial charge in [0.15, 0.2) is 0 Å². The van der Waals surface area contributed by atoms with Gasteiger partial charge in [-0.05, 0) is 62.4 Å². The summed E-state index contributed by atoms with van der Waals surface area (Å²) < 4.78 is 5.21. The lowest BCUT2D eigenvalue weighted by atomic mass is 9.97. The van der Waals surface area contributed by atoms with Gasteiger partial charge < -0.3 is 15.4 Å². The van der Waals surface area contributed by atoms with Gasteiger partial charge in [-0.15, -0.1) is 0 Å². The van der Waals surface area contributed by atoms with Crippen molar-refractivity contribution in [2.24, 2.45) is 5.92 Å². The molecule has 0 spiro atoms. The van der Waals surface area contributed by atoms with Crippen LogP contribution in [-0.2, 0) is 11.3 Å². The summed E-state index contributed by atoms with van der Waals surface area (Å²) in [6.45, 7) is 4.94. The summed E-state index contributed by atoms with van der Waals surface area (Å²) in [6, 6.07) is 8.34. The lowest BCUT2D eigenvalue weighted by Gasteiger charge is -2.33. The van der Waals surface area contributed by atoms with E-state index in [4.69, 9.17) is 4.74 Å². The number of hydrogen-bond acceptors (Lipinski definition) is 4. The molecule has 2 unspecified atom stereocenters. The molecule has 0 bridgehead atoms. The molecule has 3 rings (SSSR count). The summed E-state index contributed by atoms with van der Waals surface area (Å²) in [5.41, 5.74) is 1.32. The normalized spacial score (nSPS) is 24.7. The molecule has 0 aliphatic carbocycles. The van der Waals surface area contributed by atoms with Crippen molar-refractivity contribution in [3.8, 4) is 5.75 Å². The molecule has 0 radical (unpaired) electrons. The van der Waals surface area contributed by atoms with Crippen molar-refractivity contribution in [3.63, 3.8) is 0 Å². The number of carbonyl (C=O) groups excluding carboxylic acids is 1. The zero-order valence-corrected chi connectivity index (χ0v) is 14.6. The lowest BCUT2D eigenvalue weighted by molar-refractivity contribution is -0.123. The minimum absolute atomic E-state index is 0.0315. The molecule has 1 amide bonds. The number of ether oxygens (including phenoxy) is 1. The van der Waals surface area contributed by atoms with Gasteiger partial charge in [0.1, 0.15) is 5.75 Å². The second kappa shape index (κ2) is 8.49. The van der Waals surface area contributed by atoms with E-state index in [1.165, 1.54) is 18.4 Å². The molecule has 1 aromatic rings. The molecule has 132 valence electrons. The van der Waals surface area contributed by atoms with Crippen molar-refractivity contribution >= 4 is 5.91 Å². The van der Waals surface area contributed by atoms with E-state index in [0.717, 1.165) is 51.3 Å². The minimum Gasteiger partial charge on any atom is -0.497 e. The average molecular weight is 331 g/mol. The van der Waals surface area contributed by atoms with Crippen LogP contribution in [0, 0.1) is 5.92 Å². The van der Waals surface area contributed by atoms with Gasteiger partial charge in [0, 0.05) is 19.6 Å². The van der Waals surface area contributed by atoms with Gasteiger partial charge in [0.05, 0.1) is 13.2 Å². The smallest absolute Gasteiger partial charge is 0.237 e. The third-order valence-corrected chi connectivity index (χ3v) is 5.11. The fraction of sp³-hybridized carbons (Fsp3) is 0.632. The maximum Gasteiger partial charge on any atom is 0.237 e. The molecule has 2 aliphatic heterocycles. The van der Waals surface area contributed by atoms with Crippen LogP contribution in [-0.4, -0.2) is 50.1 Å². The Labute approximate surface area is 144 Å². The van der Waals surface area contributed by atoms with E-state index < -0.39 is 0 Å². The van der Waals surface area contributed by atoms with E-state index in [2.05, 4.69) is 27.7 Å². The number of hydrogen-bond donors (Lipinski definition) is 2. The van der Waals surface area contributed by atoms with E-state index in [-0.39, 0.29) is 11.9 Å². The molecule has 0 aromatic heterocycles. The van der Waals surface area contributed by atoms with Crippen LogP contribution in [0.1, 0.15) is 31.2 Å². The topological polar surface area (TPSA) is 53.6 Å². The van der Waals surface area contributed by atoms with Crippen molar-refractivity contribution < 1.29 is 9.53 Å². The number of carbonyl (C=O) groups is 1. The van der Waals surface area contributed by atoms with Crippen LogP contribution < -0.4 is 15.4 Å². The van der Waals surface area contributed by atoms with Crippen LogP contribution >= 0.6 is 0 Å². The lowest BCUT2D eigenvalue weighted by Crippen LogP contribution is -2.45. The minimum atomic E-state index is 0.0315. The fourth-order valence-corrected chi connectivity index (χ4v) is 3.73. The van der Waals surface area contributed by atoms with Crippen LogP contribution in [0.15, 0.2) is 24.3 Å². The third kappa shape index (κ3) is 4.71. The number of nitrogens with one attached hydrogen (secondary N) is 2. The van der Waals surface area contributed by atoms with Crippen LogP contribution in [0.4, 0.5) is 0 Å². The number of nitrogens with zero attached hydrogens (tertiary/aromatic N) is 1. The van der Waals surface area contributed by atoms with Gasteiger partial charge in [-0.3, -0.25) is 9.69 Å². The first-order valence-electron chi connectivity index (χ1n) is 9.11. The van der Waals surface area contributed by atoms with E-state index in [1.807, 2.05) is 12.1 Å². The summed E-state index contributed by atoms with van der Waals surface area (Å²) in [4.78, 5) is 14.6. The molecule has 0 saturated carbocycles. The predicted molar refractivity (Wildman–Crippen MR) is 95.0 cm³/mol. The first kappa shape index (κ1) is 17.2. The van der Waals surface area contributed by atoms with Crippen molar-refractivity contribution in [1.82, 2.24) is 15.5 Å². The number of rotatable bonds is 6. The second-order valence-electron chi connectivity index (χ2n) is 6.99. The van der Waals surface area contributed by atoms with E-state index in [0.29, 0.717) is 5.92 Å². The molecular formula is C19H29N3O2. The summed E-state index contributed by atoms with van der Waals surface area (Å²) in [5, 5.41) is 6.41. The monoisotopic (exact) mass is 331 g/mol. The average Bonchev–Trinajstić information content (AvgIpc) is 3.15. The molecule has 2 fully saturated rings. The highest BCUT2D eigenvalue weighted by Gasteiger charge is 2.24. The van der Waals surface area contributed by atoms with Crippen molar-refractivity contribution in [2.75, 3.05) is 33.3 Å². The highest BCUT2D eigenvalue weighted by atomic mass is 16.5.